The minimum Gasteiger partial charge on any atom is -0.487 e. The van der Waals surface area contributed by atoms with Gasteiger partial charge in [0.05, 0.1) is 0 Å². The molecule has 0 aromatic heterocycles. The Labute approximate surface area is 198 Å². The molecule has 0 aliphatic heterocycles. The second-order valence-electron chi connectivity index (χ2n) is 7.53. The first-order valence-electron chi connectivity index (χ1n) is 10.7. The van der Waals surface area contributed by atoms with E-state index in [0.717, 1.165) is 21.1 Å². The fourth-order valence-electron chi connectivity index (χ4n) is 3.66. The highest BCUT2D eigenvalue weighted by Gasteiger charge is 2.45. The van der Waals surface area contributed by atoms with Crippen LogP contribution in [0.15, 0.2) is 125 Å². The molecule has 4 rings (SSSR count). The summed E-state index contributed by atoms with van der Waals surface area (Å²) in [5, 5.41) is 9.52. The lowest BCUT2D eigenvalue weighted by molar-refractivity contribution is 0.200. The normalized spacial score (nSPS) is 11.2. The van der Waals surface area contributed by atoms with Crippen LogP contribution >= 0.6 is 0 Å². The number of aryl methyl sites for hydroxylation is 1. The molecule has 0 aliphatic carbocycles. The molecule has 0 N–H and O–H groups in total. The van der Waals surface area contributed by atoms with Crippen LogP contribution in [0, 0.1) is 6.92 Å². The minimum absolute atomic E-state index is 0.310. The van der Waals surface area contributed by atoms with Crippen LogP contribution < -0.4 is 20.3 Å². The highest BCUT2D eigenvalue weighted by Crippen LogP contribution is 2.13. The van der Waals surface area contributed by atoms with Gasteiger partial charge in [-0.25, -0.2) is 9.59 Å². The van der Waals surface area contributed by atoms with Crippen LogP contribution in [0.25, 0.3) is 0 Å². The fraction of sp³-hybridized carbons (Fsp3) is 0.0370. The molecule has 0 heterocycles. The average molecular weight is 467 g/mol. The molecule has 0 unspecified atom stereocenters. The molecule has 0 bridgehead atoms. The average Bonchev–Trinajstić information content (AvgIpc) is 2.89. The summed E-state index contributed by atoms with van der Waals surface area (Å²) in [7, 11) is -3.29. The molecule has 0 radical (unpaired) electrons. The van der Waals surface area contributed by atoms with Gasteiger partial charge in [0.1, 0.15) is 5.75 Å². The van der Waals surface area contributed by atoms with Crippen molar-refractivity contribution in [2.75, 3.05) is 0 Å². The van der Waals surface area contributed by atoms with E-state index in [4.69, 9.17) is 9.16 Å². The van der Waals surface area contributed by atoms with E-state index in [1.807, 2.05) is 97.9 Å². The number of nitrogens with zero attached hydrogens (tertiary/aromatic N) is 2. The van der Waals surface area contributed by atoms with Gasteiger partial charge in [0.2, 0.25) is 0 Å². The van der Waals surface area contributed by atoms with Gasteiger partial charge in [-0.15, -0.1) is 0 Å². The SMILES string of the molecule is Cc1ccc(OC(=O)/N=N/C(=O)O[Si](c2ccccc2)(c2ccccc2)c2ccccc2)cc1. The highest BCUT2D eigenvalue weighted by atomic mass is 28.4. The van der Waals surface area contributed by atoms with Gasteiger partial charge in [0, 0.05) is 0 Å². The lowest BCUT2D eigenvalue weighted by Crippen LogP contribution is -2.69. The number of carbonyl (C=O) groups excluding carboxylic acids is 2. The maximum atomic E-state index is 12.9. The number of hydrogen-bond acceptors (Lipinski definition) is 4. The van der Waals surface area contributed by atoms with Gasteiger partial charge in [-0.3, -0.25) is 0 Å². The maximum Gasteiger partial charge on any atom is 0.458 e. The molecule has 2 amide bonds. The molecule has 0 aliphatic rings. The number of ether oxygens (including phenoxy) is 1. The largest absolute Gasteiger partial charge is 0.487 e. The summed E-state index contributed by atoms with van der Waals surface area (Å²) in [6.07, 6.45) is -1.98. The molecule has 0 saturated heterocycles. The van der Waals surface area contributed by atoms with Crippen molar-refractivity contribution in [3.8, 4) is 5.75 Å². The minimum atomic E-state index is -3.29. The van der Waals surface area contributed by atoms with Crippen LogP contribution in [-0.4, -0.2) is 20.5 Å². The molecule has 0 saturated carbocycles. The predicted octanol–water partition coefficient (Wildman–Crippen LogP) is 4.75. The molecule has 6 nitrogen and oxygen atoms in total. The van der Waals surface area contributed by atoms with E-state index in [1.54, 1.807) is 24.3 Å². The second-order valence-corrected chi connectivity index (χ2v) is 10.8. The summed E-state index contributed by atoms with van der Waals surface area (Å²) in [6, 6.07) is 35.6. The molecule has 168 valence electrons. The number of azo groups is 1. The van der Waals surface area contributed by atoms with Crippen LogP contribution in [0.3, 0.4) is 0 Å². The summed E-state index contributed by atoms with van der Waals surface area (Å²) in [6.45, 7) is 1.92. The van der Waals surface area contributed by atoms with Gasteiger partial charge in [-0.2, -0.15) is 0 Å². The number of hydrogen-bond donors (Lipinski definition) is 0. The molecule has 0 spiro atoms. The van der Waals surface area contributed by atoms with Gasteiger partial charge in [-0.05, 0) is 34.6 Å². The summed E-state index contributed by atoms with van der Waals surface area (Å²) < 4.78 is 11.3. The van der Waals surface area contributed by atoms with Gasteiger partial charge in [-0.1, -0.05) is 119 Å². The quantitative estimate of drug-likeness (QED) is 0.242. The van der Waals surface area contributed by atoms with Crippen molar-refractivity contribution in [2.24, 2.45) is 10.2 Å². The fourth-order valence-corrected chi connectivity index (χ4v) is 7.30. The third-order valence-electron chi connectivity index (χ3n) is 5.22. The molecule has 4 aromatic carbocycles. The Hall–Kier alpha value is -4.36. The Bertz CT molecular complexity index is 1180. The van der Waals surface area contributed by atoms with E-state index < -0.39 is 20.5 Å². The summed E-state index contributed by atoms with van der Waals surface area (Å²) in [5.74, 6) is 0.310. The molecule has 34 heavy (non-hydrogen) atoms. The third-order valence-corrected chi connectivity index (χ3v) is 9.14. The zero-order valence-electron chi connectivity index (χ0n) is 18.5. The smallest absolute Gasteiger partial charge is 0.458 e. The first-order valence-corrected chi connectivity index (χ1v) is 12.6. The highest BCUT2D eigenvalue weighted by molar-refractivity contribution is 7.07. The number of carbonyl (C=O) groups is 2. The van der Waals surface area contributed by atoms with Gasteiger partial charge in [0.15, 0.2) is 0 Å². The summed E-state index contributed by atoms with van der Waals surface area (Å²) in [4.78, 5) is 25.0. The van der Waals surface area contributed by atoms with Crippen molar-refractivity contribution < 1.29 is 18.8 Å². The van der Waals surface area contributed by atoms with E-state index in [2.05, 4.69) is 10.2 Å². The Morgan fingerprint density at radius 2 is 1.00 bits per heavy atom. The van der Waals surface area contributed by atoms with E-state index >= 15 is 0 Å². The van der Waals surface area contributed by atoms with Crippen molar-refractivity contribution in [2.45, 2.75) is 6.92 Å². The Balaban J connectivity index is 1.67. The Kier molecular flexibility index (Phi) is 7.05. The Morgan fingerprint density at radius 1 is 0.588 bits per heavy atom. The van der Waals surface area contributed by atoms with Crippen molar-refractivity contribution in [1.29, 1.82) is 0 Å². The summed E-state index contributed by atoms with van der Waals surface area (Å²) in [5.41, 5.74) is 1.02. The molecule has 7 heteroatoms. The monoisotopic (exact) mass is 466 g/mol. The van der Waals surface area contributed by atoms with E-state index in [9.17, 15) is 9.59 Å². The number of amides is 2. The van der Waals surface area contributed by atoms with Crippen LogP contribution in [0.2, 0.25) is 0 Å². The van der Waals surface area contributed by atoms with Crippen LogP contribution in [0.1, 0.15) is 5.56 Å². The van der Waals surface area contributed by atoms with Crippen molar-refractivity contribution in [3.63, 3.8) is 0 Å². The first-order chi connectivity index (χ1) is 16.6. The standard InChI is InChI=1S/C27H22N2O4Si/c1-21-17-19-22(20-18-21)32-26(30)28-29-27(31)33-34(23-11-5-2-6-12-23,24-13-7-3-8-14-24)25-15-9-4-10-16-25/h2-20H,1H3/b29-28+. The van der Waals surface area contributed by atoms with Gasteiger partial charge in [0.25, 0.3) is 0 Å². The third kappa shape index (κ3) is 5.16. The molecule has 0 atom stereocenters. The predicted molar refractivity (Wildman–Crippen MR) is 133 cm³/mol. The van der Waals surface area contributed by atoms with Crippen LogP contribution in [-0.2, 0) is 4.43 Å². The van der Waals surface area contributed by atoms with Gasteiger partial charge >= 0.3 is 20.5 Å². The van der Waals surface area contributed by atoms with Crippen molar-refractivity contribution >= 4 is 36.1 Å². The van der Waals surface area contributed by atoms with Crippen LogP contribution in [0.4, 0.5) is 9.59 Å². The van der Waals surface area contributed by atoms with E-state index in [-0.39, 0.29) is 0 Å². The van der Waals surface area contributed by atoms with Crippen LogP contribution in [0.5, 0.6) is 5.75 Å². The second kappa shape index (κ2) is 10.5. The Morgan fingerprint density at radius 3 is 1.44 bits per heavy atom. The van der Waals surface area contributed by atoms with Crippen molar-refractivity contribution in [3.05, 3.63) is 121 Å². The van der Waals surface area contributed by atoms with Gasteiger partial charge < -0.3 is 9.16 Å². The topological polar surface area (TPSA) is 77.3 Å². The molecular weight excluding hydrogens is 444 g/mol. The first kappa shape index (κ1) is 22.8. The molecule has 0 fully saturated rings. The summed E-state index contributed by atoms with van der Waals surface area (Å²) >= 11 is 0. The van der Waals surface area contributed by atoms with Crippen molar-refractivity contribution in [1.82, 2.24) is 0 Å². The lowest BCUT2D eigenvalue weighted by atomic mass is 10.2. The molecule has 4 aromatic rings. The maximum absolute atomic E-state index is 12.9. The number of benzene rings is 4. The van der Waals surface area contributed by atoms with E-state index in [1.165, 1.54) is 0 Å². The van der Waals surface area contributed by atoms with E-state index in [0.29, 0.717) is 5.75 Å². The molecular formula is C27H22N2O4Si. The number of rotatable bonds is 5. The zero-order valence-corrected chi connectivity index (χ0v) is 19.5. The lowest BCUT2D eigenvalue weighted by Gasteiger charge is -2.31. The zero-order chi connectivity index (χ0) is 23.8.